The predicted octanol–water partition coefficient (Wildman–Crippen LogP) is 3.12. The van der Waals surface area contributed by atoms with Crippen molar-refractivity contribution in [2.75, 3.05) is 6.61 Å². The normalized spacial score (nSPS) is 17.4. The Balaban J connectivity index is 2.23. The highest BCUT2D eigenvalue weighted by molar-refractivity contribution is 5.83. The molecule has 0 aromatic rings. The molecule has 0 saturated heterocycles. The lowest BCUT2D eigenvalue weighted by Gasteiger charge is -2.21. The molecule has 1 amide bonds. The van der Waals surface area contributed by atoms with Gasteiger partial charge in [-0.05, 0) is 39.5 Å². The summed E-state index contributed by atoms with van der Waals surface area (Å²) in [6, 6.07) is -0.860. The lowest BCUT2D eigenvalue weighted by atomic mass is 10.0. The smallest absolute Gasteiger partial charge is 0.326 e. The van der Waals surface area contributed by atoms with Gasteiger partial charge in [0.15, 0.2) is 0 Å². The van der Waals surface area contributed by atoms with Crippen LogP contribution >= 0.6 is 0 Å². The summed E-state index contributed by atoms with van der Waals surface area (Å²) in [5.41, 5.74) is -0.297. The lowest BCUT2D eigenvalue weighted by Crippen LogP contribution is -2.42. The molecule has 1 unspecified atom stereocenters. The van der Waals surface area contributed by atoms with Gasteiger partial charge in [0.05, 0.1) is 5.60 Å². The fourth-order valence-electron chi connectivity index (χ4n) is 2.86. The van der Waals surface area contributed by atoms with Crippen molar-refractivity contribution in [2.24, 2.45) is 5.92 Å². The van der Waals surface area contributed by atoms with Gasteiger partial charge in [0.25, 0.3) is 0 Å². The minimum Gasteiger partial charge on any atom is -0.480 e. The zero-order chi connectivity index (χ0) is 16.6. The molecule has 5 heteroatoms. The minimum absolute atomic E-state index is 0.166. The Bertz CT molecular complexity index is 356. The summed E-state index contributed by atoms with van der Waals surface area (Å²) in [7, 11) is 0. The zero-order valence-corrected chi connectivity index (χ0v) is 14.2. The van der Waals surface area contributed by atoms with E-state index < -0.39 is 12.0 Å². The Labute approximate surface area is 133 Å². The highest BCUT2D eigenvalue weighted by Gasteiger charge is 2.21. The molecule has 0 aromatic carbocycles. The lowest BCUT2D eigenvalue weighted by molar-refractivity contribution is -0.142. The molecule has 1 aliphatic carbocycles. The van der Waals surface area contributed by atoms with Crippen LogP contribution in [0.15, 0.2) is 0 Å². The number of hydrogen-bond donors (Lipinski definition) is 2. The quantitative estimate of drug-likeness (QED) is 0.686. The van der Waals surface area contributed by atoms with Gasteiger partial charge in [-0.1, -0.05) is 25.7 Å². The Morgan fingerprint density at radius 2 is 1.91 bits per heavy atom. The molecular formula is C17H31NO4. The van der Waals surface area contributed by atoms with Gasteiger partial charge in [-0.15, -0.1) is 0 Å². The monoisotopic (exact) mass is 313 g/mol. The van der Waals surface area contributed by atoms with Crippen molar-refractivity contribution in [1.29, 1.82) is 0 Å². The van der Waals surface area contributed by atoms with E-state index in [-0.39, 0.29) is 11.5 Å². The summed E-state index contributed by atoms with van der Waals surface area (Å²) >= 11 is 0. The van der Waals surface area contributed by atoms with E-state index in [0.717, 1.165) is 18.8 Å². The van der Waals surface area contributed by atoms with E-state index >= 15 is 0 Å². The molecule has 5 nitrogen and oxygen atoms in total. The van der Waals surface area contributed by atoms with Gasteiger partial charge in [-0.3, -0.25) is 4.79 Å². The molecule has 1 atom stereocenters. The van der Waals surface area contributed by atoms with E-state index in [1.807, 2.05) is 20.8 Å². The van der Waals surface area contributed by atoms with Crippen LogP contribution in [0.4, 0.5) is 0 Å². The van der Waals surface area contributed by atoms with Crippen LogP contribution < -0.4 is 5.32 Å². The number of amides is 1. The van der Waals surface area contributed by atoms with Crippen molar-refractivity contribution >= 4 is 11.9 Å². The number of carbonyl (C=O) groups is 2. The van der Waals surface area contributed by atoms with Gasteiger partial charge in [-0.25, -0.2) is 4.79 Å². The van der Waals surface area contributed by atoms with Gasteiger partial charge in [0.2, 0.25) is 5.91 Å². The Morgan fingerprint density at radius 1 is 1.27 bits per heavy atom. The van der Waals surface area contributed by atoms with Gasteiger partial charge in [0, 0.05) is 19.4 Å². The van der Waals surface area contributed by atoms with Crippen molar-refractivity contribution in [2.45, 2.75) is 83.8 Å². The Hall–Kier alpha value is -1.10. The van der Waals surface area contributed by atoms with Crippen LogP contribution in [-0.2, 0) is 14.3 Å². The van der Waals surface area contributed by atoms with Crippen LogP contribution in [0.5, 0.6) is 0 Å². The van der Waals surface area contributed by atoms with Crippen molar-refractivity contribution in [3.8, 4) is 0 Å². The molecule has 1 rings (SSSR count). The molecular weight excluding hydrogens is 282 g/mol. The standard InChI is InChI=1S/C17H31NO4/c1-17(2,3)22-12-11-14(16(20)21)18-15(19)10-6-9-13-7-4-5-8-13/h13-14H,4-12H2,1-3H3,(H,18,19)(H,20,21). The fraction of sp³-hybridized carbons (Fsp3) is 0.882. The first-order valence-corrected chi connectivity index (χ1v) is 8.44. The number of rotatable bonds is 9. The molecule has 1 aliphatic rings. The number of nitrogens with one attached hydrogen (secondary N) is 1. The van der Waals surface area contributed by atoms with E-state index in [0.29, 0.717) is 19.4 Å². The third-order valence-electron chi connectivity index (χ3n) is 4.07. The summed E-state index contributed by atoms with van der Waals surface area (Å²) in [5, 5.41) is 11.8. The topological polar surface area (TPSA) is 75.6 Å². The Kier molecular flexibility index (Phi) is 7.87. The molecule has 1 fully saturated rings. The van der Waals surface area contributed by atoms with Crippen molar-refractivity contribution < 1.29 is 19.4 Å². The van der Waals surface area contributed by atoms with Gasteiger partial charge < -0.3 is 15.2 Å². The average molecular weight is 313 g/mol. The summed E-state index contributed by atoms with van der Waals surface area (Å²) in [6.07, 6.45) is 7.82. The van der Waals surface area contributed by atoms with Crippen LogP contribution in [0.1, 0.15) is 72.1 Å². The average Bonchev–Trinajstić information content (AvgIpc) is 2.89. The second-order valence-electron chi connectivity index (χ2n) is 7.25. The van der Waals surface area contributed by atoms with E-state index in [9.17, 15) is 14.7 Å². The molecule has 0 spiro atoms. The van der Waals surface area contributed by atoms with E-state index in [2.05, 4.69) is 5.32 Å². The fourth-order valence-corrected chi connectivity index (χ4v) is 2.86. The largest absolute Gasteiger partial charge is 0.480 e. The van der Waals surface area contributed by atoms with Crippen molar-refractivity contribution in [3.63, 3.8) is 0 Å². The Morgan fingerprint density at radius 3 is 2.45 bits per heavy atom. The maximum Gasteiger partial charge on any atom is 0.326 e. The predicted molar refractivity (Wildman–Crippen MR) is 85.7 cm³/mol. The third-order valence-corrected chi connectivity index (χ3v) is 4.07. The SMILES string of the molecule is CC(C)(C)OCCC(NC(=O)CCCC1CCCC1)C(=O)O. The number of hydrogen-bond acceptors (Lipinski definition) is 3. The molecule has 0 radical (unpaired) electrons. The first kappa shape index (κ1) is 18.9. The van der Waals surface area contributed by atoms with Crippen LogP contribution in [0.2, 0.25) is 0 Å². The van der Waals surface area contributed by atoms with E-state index in [1.165, 1.54) is 25.7 Å². The zero-order valence-electron chi connectivity index (χ0n) is 14.2. The summed E-state index contributed by atoms with van der Waals surface area (Å²) < 4.78 is 5.53. The van der Waals surface area contributed by atoms with Crippen LogP contribution in [0, 0.1) is 5.92 Å². The number of aliphatic carboxylic acids is 1. The second kappa shape index (κ2) is 9.13. The maximum absolute atomic E-state index is 11.9. The van der Waals surface area contributed by atoms with Gasteiger partial charge in [-0.2, -0.15) is 0 Å². The highest BCUT2D eigenvalue weighted by Crippen LogP contribution is 2.28. The molecule has 0 aromatic heterocycles. The molecule has 22 heavy (non-hydrogen) atoms. The third kappa shape index (κ3) is 8.37. The molecule has 0 aliphatic heterocycles. The summed E-state index contributed by atoms with van der Waals surface area (Å²) in [4.78, 5) is 23.1. The first-order valence-electron chi connectivity index (χ1n) is 8.44. The highest BCUT2D eigenvalue weighted by atomic mass is 16.5. The van der Waals surface area contributed by atoms with Gasteiger partial charge >= 0.3 is 5.97 Å². The molecule has 0 heterocycles. The summed E-state index contributed by atoms with van der Waals surface area (Å²) in [6.45, 7) is 6.09. The van der Waals surface area contributed by atoms with Crippen molar-refractivity contribution in [1.82, 2.24) is 5.32 Å². The van der Waals surface area contributed by atoms with E-state index in [1.54, 1.807) is 0 Å². The molecule has 0 bridgehead atoms. The van der Waals surface area contributed by atoms with Crippen LogP contribution in [-0.4, -0.2) is 35.2 Å². The number of ether oxygens (including phenoxy) is 1. The minimum atomic E-state index is -0.998. The van der Waals surface area contributed by atoms with Gasteiger partial charge in [0.1, 0.15) is 6.04 Å². The number of carbonyl (C=O) groups excluding carboxylic acids is 1. The molecule has 1 saturated carbocycles. The van der Waals surface area contributed by atoms with Crippen LogP contribution in [0.3, 0.4) is 0 Å². The summed E-state index contributed by atoms with van der Waals surface area (Å²) in [5.74, 6) is -0.397. The van der Waals surface area contributed by atoms with Crippen molar-refractivity contribution in [3.05, 3.63) is 0 Å². The van der Waals surface area contributed by atoms with Crippen LogP contribution in [0.25, 0.3) is 0 Å². The maximum atomic E-state index is 11.9. The van der Waals surface area contributed by atoms with E-state index in [4.69, 9.17) is 4.74 Å². The second-order valence-corrected chi connectivity index (χ2v) is 7.25. The molecule has 128 valence electrons. The first-order chi connectivity index (χ1) is 10.3. The molecule has 2 N–H and O–H groups in total. The number of carboxylic acid groups (broad SMARTS) is 1. The number of carboxylic acids is 1.